The van der Waals surface area contributed by atoms with E-state index in [0.717, 1.165) is 40.6 Å². The van der Waals surface area contributed by atoms with Crippen molar-refractivity contribution in [3.8, 4) is 0 Å². The highest BCUT2D eigenvalue weighted by Gasteiger charge is 2.44. The fourth-order valence-electron chi connectivity index (χ4n) is 3.02. The molecule has 0 radical (unpaired) electrons. The molecule has 0 atom stereocenters. The van der Waals surface area contributed by atoms with Gasteiger partial charge in [-0.15, -0.1) is 0 Å². The number of hydrogen-bond donors (Lipinski definition) is 1. The Morgan fingerprint density at radius 3 is 2.65 bits per heavy atom. The van der Waals surface area contributed by atoms with Gasteiger partial charge in [0, 0.05) is 11.5 Å². The first-order chi connectivity index (χ1) is 10.7. The normalized spacial score (nSPS) is 16.9. The van der Waals surface area contributed by atoms with Crippen LogP contribution >= 0.6 is 15.9 Å². The second kappa shape index (κ2) is 5.51. The molecule has 1 N–H and O–H groups in total. The van der Waals surface area contributed by atoms with Crippen LogP contribution in [0.25, 0.3) is 11.0 Å². The number of halogens is 1. The lowest BCUT2D eigenvalue weighted by molar-refractivity contribution is 0.0362. The Bertz CT molecular complexity index is 757. The highest BCUT2D eigenvalue weighted by atomic mass is 79.9. The number of nitrogens with zero attached hydrogens (tertiary/aromatic N) is 2. The van der Waals surface area contributed by atoms with Crippen molar-refractivity contribution >= 4 is 33.1 Å². The first kappa shape index (κ1) is 16.3. The fraction of sp³-hybridized carbons (Fsp3) is 0.529. The van der Waals surface area contributed by atoms with Crippen molar-refractivity contribution in [3.05, 3.63) is 28.5 Å². The van der Waals surface area contributed by atoms with Crippen molar-refractivity contribution in [2.45, 2.75) is 51.2 Å². The highest BCUT2D eigenvalue weighted by Crippen LogP contribution is 2.42. The van der Waals surface area contributed by atoms with E-state index >= 15 is 0 Å². The van der Waals surface area contributed by atoms with E-state index in [1.807, 2.05) is 46.0 Å². The number of fused-ring (bicyclic) bond motifs is 1. The zero-order valence-electron chi connectivity index (χ0n) is 13.9. The molecule has 1 aliphatic rings. The van der Waals surface area contributed by atoms with Crippen LogP contribution in [0.3, 0.4) is 0 Å². The fourth-order valence-corrected chi connectivity index (χ4v) is 3.37. The average Bonchev–Trinajstić information content (AvgIpc) is 2.70. The van der Waals surface area contributed by atoms with Crippen LogP contribution in [0.5, 0.6) is 0 Å². The molecular weight excluding hydrogens is 358 g/mol. The van der Waals surface area contributed by atoms with Gasteiger partial charge in [0.05, 0.1) is 11.0 Å². The van der Waals surface area contributed by atoms with Crippen molar-refractivity contribution in [2.75, 3.05) is 0 Å². The Kier molecular flexibility index (Phi) is 3.91. The van der Waals surface area contributed by atoms with Crippen LogP contribution < -0.4 is 5.32 Å². The minimum absolute atomic E-state index is 0.384. The zero-order valence-corrected chi connectivity index (χ0v) is 15.5. The molecule has 3 rings (SSSR count). The van der Waals surface area contributed by atoms with Crippen molar-refractivity contribution in [2.24, 2.45) is 7.05 Å². The Hall–Kier alpha value is -1.56. The van der Waals surface area contributed by atoms with E-state index < -0.39 is 11.1 Å². The number of benzene rings is 1. The second-order valence-electron chi connectivity index (χ2n) is 7.19. The van der Waals surface area contributed by atoms with E-state index in [2.05, 4.69) is 25.8 Å². The third-order valence-electron chi connectivity index (χ3n) is 4.22. The smallest absolute Gasteiger partial charge is 0.408 e. The lowest BCUT2D eigenvalue weighted by atomic mass is 9.76. The maximum absolute atomic E-state index is 12.2. The molecule has 0 saturated heterocycles. The third-order valence-corrected chi connectivity index (χ3v) is 4.71. The Balaban J connectivity index is 1.94. The average molecular weight is 380 g/mol. The lowest BCUT2D eigenvalue weighted by Gasteiger charge is -2.41. The van der Waals surface area contributed by atoms with Gasteiger partial charge in [-0.1, -0.05) is 15.9 Å². The molecule has 1 aromatic carbocycles. The van der Waals surface area contributed by atoms with Crippen molar-refractivity contribution in [3.63, 3.8) is 0 Å². The molecule has 6 heteroatoms. The molecule has 1 amide bonds. The summed E-state index contributed by atoms with van der Waals surface area (Å²) in [5.74, 6) is 0.891. The zero-order chi connectivity index (χ0) is 16.8. The number of hydrogen-bond acceptors (Lipinski definition) is 3. The monoisotopic (exact) mass is 379 g/mol. The third kappa shape index (κ3) is 3.09. The van der Waals surface area contributed by atoms with Gasteiger partial charge in [-0.25, -0.2) is 9.78 Å². The maximum Gasteiger partial charge on any atom is 0.408 e. The van der Waals surface area contributed by atoms with Gasteiger partial charge in [-0.3, -0.25) is 0 Å². The summed E-state index contributed by atoms with van der Waals surface area (Å²) < 4.78 is 8.51. The summed E-state index contributed by atoms with van der Waals surface area (Å²) in [5, 5.41) is 3.06. The summed E-state index contributed by atoms with van der Waals surface area (Å²) in [6, 6.07) is 6.02. The summed E-state index contributed by atoms with van der Waals surface area (Å²) in [6.07, 6.45) is 2.45. The van der Waals surface area contributed by atoms with Crippen molar-refractivity contribution in [1.29, 1.82) is 0 Å². The SMILES string of the molecule is Cn1c(C2(NC(=O)OC(C)(C)C)CCC2)nc2ccc(Br)cc21. The molecule has 1 heterocycles. The lowest BCUT2D eigenvalue weighted by Crippen LogP contribution is -2.53. The predicted molar refractivity (Wildman–Crippen MR) is 93.3 cm³/mol. The minimum Gasteiger partial charge on any atom is -0.444 e. The highest BCUT2D eigenvalue weighted by molar-refractivity contribution is 9.10. The van der Waals surface area contributed by atoms with Crippen molar-refractivity contribution in [1.82, 2.24) is 14.9 Å². The van der Waals surface area contributed by atoms with Gasteiger partial charge in [-0.2, -0.15) is 0 Å². The number of carbonyl (C=O) groups excluding carboxylic acids is 1. The number of rotatable bonds is 2. The molecule has 0 spiro atoms. The van der Waals surface area contributed by atoms with Crippen LogP contribution in [0, 0.1) is 0 Å². The van der Waals surface area contributed by atoms with E-state index in [9.17, 15) is 4.79 Å². The van der Waals surface area contributed by atoms with E-state index in [4.69, 9.17) is 9.72 Å². The Morgan fingerprint density at radius 2 is 2.09 bits per heavy atom. The molecule has 5 nitrogen and oxygen atoms in total. The van der Waals surface area contributed by atoms with Gasteiger partial charge in [0.15, 0.2) is 0 Å². The molecule has 1 aliphatic carbocycles. The predicted octanol–water partition coefficient (Wildman–Crippen LogP) is 4.24. The molecule has 124 valence electrons. The minimum atomic E-state index is -0.508. The van der Waals surface area contributed by atoms with Gasteiger partial charge in [-0.05, 0) is 58.2 Å². The molecule has 1 aromatic heterocycles. The summed E-state index contributed by atoms with van der Waals surface area (Å²) in [5.41, 5.74) is 1.05. The van der Waals surface area contributed by atoms with Gasteiger partial charge in [0.1, 0.15) is 17.0 Å². The van der Waals surface area contributed by atoms with Crippen molar-refractivity contribution < 1.29 is 9.53 Å². The van der Waals surface area contributed by atoms with E-state index in [-0.39, 0.29) is 6.09 Å². The number of nitrogens with one attached hydrogen (secondary N) is 1. The Morgan fingerprint density at radius 1 is 1.39 bits per heavy atom. The molecule has 23 heavy (non-hydrogen) atoms. The van der Waals surface area contributed by atoms with Gasteiger partial charge in [0.2, 0.25) is 0 Å². The molecule has 2 aromatic rings. The van der Waals surface area contributed by atoms with Crippen LogP contribution in [-0.2, 0) is 17.3 Å². The van der Waals surface area contributed by atoms with Gasteiger partial charge >= 0.3 is 6.09 Å². The first-order valence-electron chi connectivity index (χ1n) is 7.84. The maximum atomic E-state index is 12.2. The first-order valence-corrected chi connectivity index (χ1v) is 8.63. The number of aromatic nitrogens is 2. The van der Waals surface area contributed by atoms with Crippen LogP contribution in [0.15, 0.2) is 22.7 Å². The van der Waals surface area contributed by atoms with E-state index in [1.54, 1.807) is 0 Å². The molecule has 1 saturated carbocycles. The summed E-state index contributed by atoms with van der Waals surface area (Å²) in [6.45, 7) is 5.60. The summed E-state index contributed by atoms with van der Waals surface area (Å²) in [7, 11) is 1.99. The van der Waals surface area contributed by atoms with E-state index in [1.165, 1.54) is 0 Å². The standard InChI is InChI=1S/C17H22BrN3O2/c1-16(2,3)23-15(22)20-17(8-5-9-17)14-19-12-7-6-11(18)10-13(12)21(14)4/h6-7,10H,5,8-9H2,1-4H3,(H,20,22). The van der Waals surface area contributed by atoms with Gasteiger partial charge < -0.3 is 14.6 Å². The quantitative estimate of drug-likeness (QED) is 0.848. The second-order valence-corrected chi connectivity index (χ2v) is 8.11. The van der Waals surface area contributed by atoms with Crippen LogP contribution in [0.4, 0.5) is 4.79 Å². The number of aryl methyl sites for hydroxylation is 1. The molecule has 0 unspecified atom stereocenters. The topological polar surface area (TPSA) is 56.2 Å². The number of carbonyl (C=O) groups is 1. The van der Waals surface area contributed by atoms with Gasteiger partial charge in [0.25, 0.3) is 0 Å². The number of ether oxygens (including phenoxy) is 1. The summed E-state index contributed by atoms with van der Waals surface area (Å²) >= 11 is 3.50. The summed E-state index contributed by atoms with van der Waals surface area (Å²) in [4.78, 5) is 17.0. The molecule has 0 aliphatic heterocycles. The molecular formula is C17H22BrN3O2. The molecule has 1 fully saturated rings. The van der Waals surface area contributed by atoms with Crippen LogP contribution in [-0.4, -0.2) is 21.2 Å². The molecule has 0 bridgehead atoms. The number of alkyl carbamates (subject to hydrolysis) is 1. The van der Waals surface area contributed by atoms with E-state index in [0.29, 0.717) is 0 Å². The van der Waals surface area contributed by atoms with Crippen LogP contribution in [0.2, 0.25) is 0 Å². The largest absolute Gasteiger partial charge is 0.444 e. The van der Waals surface area contributed by atoms with Crippen LogP contribution in [0.1, 0.15) is 45.9 Å². The number of amides is 1. The Labute approximate surface area is 144 Å². The number of imidazole rings is 1.